The van der Waals surface area contributed by atoms with Gasteiger partial charge in [-0.2, -0.15) is 0 Å². The molecular weight excluding hydrogens is 722 g/mol. The van der Waals surface area contributed by atoms with E-state index in [1.165, 1.54) is 0 Å². The predicted molar refractivity (Wildman–Crippen MR) is 177 cm³/mol. The Kier molecular flexibility index (Phi) is 17.0. The van der Waals surface area contributed by atoms with Gasteiger partial charge in [0.2, 0.25) is 0 Å². The Morgan fingerprint density at radius 1 is 0.636 bits per heavy atom. The summed E-state index contributed by atoms with van der Waals surface area (Å²) in [6, 6.07) is 10.3. The number of halogens is 3. The van der Waals surface area contributed by atoms with E-state index in [0.717, 1.165) is 83.2 Å². The van der Waals surface area contributed by atoms with Crippen molar-refractivity contribution in [1.29, 1.82) is 0 Å². The molecule has 12 nitrogen and oxygen atoms in total. The van der Waals surface area contributed by atoms with Gasteiger partial charge in [-0.3, -0.25) is 20.2 Å². The van der Waals surface area contributed by atoms with E-state index in [1.807, 2.05) is 12.1 Å². The van der Waals surface area contributed by atoms with E-state index in [0.29, 0.717) is 11.1 Å². The summed E-state index contributed by atoms with van der Waals surface area (Å²) in [6.45, 7) is 10.9. The number of nitro groups is 2. The quantitative estimate of drug-likeness (QED) is 0.101. The molecule has 0 aliphatic carbocycles. The van der Waals surface area contributed by atoms with Gasteiger partial charge in [0.25, 0.3) is 11.4 Å². The Hall–Kier alpha value is -3.17. The summed E-state index contributed by atoms with van der Waals surface area (Å²) in [5.74, 6) is 0. The maximum Gasteiger partial charge on any atom is 0.272 e. The molecule has 4 rings (SSSR count). The number of nitro benzene ring substituents is 2. The number of benzene rings is 2. The zero-order valence-electron chi connectivity index (χ0n) is 25.0. The van der Waals surface area contributed by atoms with Crippen molar-refractivity contribution in [1.82, 2.24) is 19.6 Å². The van der Waals surface area contributed by atoms with Crippen molar-refractivity contribution in [3.63, 3.8) is 0 Å². The van der Waals surface area contributed by atoms with Crippen LogP contribution < -0.4 is 35.4 Å². The minimum atomic E-state index is -0.351. The standard InChI is InChI=1S/C29H40N8O4.2ClH.HI/c1-24-20-26(6-8-28(24)36(38)39)30-10-3-12-32-16-18-34(22-32)14-5-15-35-19-17-33(23-35)13-4-11-31-27-7-9-29(37(40)41)25(2)21-27;;;/h6-9,16-21,30-31H,3-5,10-15,22-23H2,1-2H3;3*1H/p-2. The number of nitrogens with one attached hydrogen (secondary N) is 2. The largest absolute Gasteiger partial charge is 1.00 e. The molecule has 44 heavy (non-hydrogen) atoms. The zero-order chi connectivity index (χ0) is 29.2. The molecule has 0 fully saturated rings. The Balaban J connectivity index is 0.00000323. The van der Waals surface area contributed by atoms with Crippen LogP contribution in [0.5, 0.6) is 0 Å². The van der Waals surface area contributed by atoms with Crippen molar-refractivity contribution < 1.29 is 34.7 Å². The van der Waals surface area contributed by atoms with E-state index < -0.39 is 0 Å². The highest BCUT2D eigenvalue weighted by Gasteiger charge is 2.15. The molecule has 0 saturated heterocycles. The third-order valence-corrected chi connectivity index (χ3v) is 7.28. The molecule has 2 heterocycles. The van der Waals surface area contributed by atoms with Crippen LogP contribution in [0.1, 0.15) is 30.4 Å². The molecule has 0 saturated carbocycles. The van der Waals surface area contributed by atoms with Crippen molar-refractivity contribution in [2.45, 2.75) is 33.1 Å². The smallest absolute Gasteiger partial charge is 0.272 e. The van der Waals surface area contributed by atoms with Gasteiger partial charge in [-0.05, 0) is 57.4 Å². The topological polar surface area (TPSA) is 123 Å². The molecule has 0 unspecified atom stereocenters. The predicted octanol–water partition coefficient (Wildman–Crippen LogP) is -0.467. The van der Waals surface area contributed by atoms with E-state index in [1.54, 1.807) is 38.1 Å². The fourth-order valence-electron chi connectivity index (χ4n) is 5.06. The first-order valence-electron chi connectivity index (χ1n) is 14.1. The first-order chi connectivity index (χ1) is 19.8. The highest BCUT2D eigenvalue weighted by molar-refractivity contribution is 14.0. The lowest BCUT2D eigenvalue weighted by Gasteiger charge is -2.24. The monoisotopic (exact) mass is 762 g/mol. The summed E-state index contributed by atoms with van der Waals surface area (Å²) in [5.41, 5.74) is 3.46. The van der Waals surface area contributed by atoms with E-state index in [2.05, 4.69) is 55.0 Å². The van der Waals surface area contributed by atoms with E-state index in [4.69, 9.17) is 0 Å². The van der Waals surface area contributed by atoms with Crippen LogP contribution in [0.25, 0.3) is 0 Å². The molecule has 244 valence electrons. The third-order valence-electron chi connectivity index (χ3n) is 7.28. The highest BCUT2D eigenvalue weighted by Crippen LogP contribution is 2.22. The first-order valence-corrected chi connectivity index (χ1v) is 14.1. The Labute approximate surface area is 288 Å². The van der Waals surface area contributed by atoms with Gasteiger partial charge in [-0.15, -0.1) is 24.0 Å². The fraction of sp³-hybridized carbons (Fsp3) is 0.448. The lowest BCUT2D eigenvalue weighted by atomic mass is 10.2. The van der Waals surface area contributed by atoms with E-state index in [-0.39, 0.29) is 70.0 Å². The van der Waals surface area contributed by atoms with Gasteiger partial charge >= 0.3 is 0 Å². The lowest BCUT2D eigenvalue weighted by molar-refractivity contribution is -0.385. The van der Waals surface area contributed by atoms with Crippen LogP contribution >= 0.6 is 24.0 Å². The zero-order valence-corrected chi connectivity index (χ0v) is 28.9. The molecule has 2 aromatic carbocycles. The van der Waals surface area contributed by atoms with Crippen LogP contribution in [-0.4, -0.2) is 82.1 Å². The summed E-state index contributed by atoms with van der Waals surface area (Å²) in [5, 5.41) is 28.7. The van der Waals surface area contributed by atoms with Gasteiger partial charge < -0.3 is 55.0 Å². The maximum absolute atomic E-state index is 11.0. The molecule has 0 atom stereocenters. The fourth-order valence-corrected chi connectivity index (χ4v) is 5.06. The van der Waals surface area contributed by atoms with Gasteiger partial charge in [0, 0.05) is 98.7 Å². The summed E-state index contributed by atoms with van der Waals surface area (Å²) in [4.78, 5) is 30.5. The third kappa shape index (κ3) is 11.7. The van der Waals surface area contributed by atoms with Crippen LogP contribution in [0.3, 0.4) is 0 Å². The van der Waals surface area contributed by atoms with Crippen molar-refractivity contribution in [2.75, 3.05) is 63.2 Å². The molecule has 0 amide bonds. The molecule has 2 aliphatic heterocycles. The minimum Gasteiger partial charge on any atom is -1.00 e. The molecule has 15 heteroatoms. The average molecular weight is 764 g/mol. The van der Waals surface area contributed by atoms with E-state index in [9.17, 15) is 20.2 Å². The summed E-state index contributed by atoms with van der Waals surface area (Å²) in [6.07, 6.45) is 11.7. The second kappa shape index (κ2) is 19.3. The van der Waals surface area contributed by atoms with Gasteiger partial charge in [-0.1, -0.05) is 0 Å². The Morgan fingerprint density at radius 3 is 1.30 bits per heavy atom. The first kappa shape index (κ1) is 38.9. The van der Waals surface area contributed by atoms with Crippen molar-refractivity contribution in [3.8, 4) is 0 Å². The molecule has 0 radical (unpaired) electrons. The molecular formula is C29H41Cl2IN8O4-2. The number of rotatable bonds is 16. The number of hydrogen-bond acceptors (Lipinski definition) is 10. The van der Waals surface area contributed by atoms with E-state index >= 15 is 0 Å². The number of anilines is 2. The lowest BCUT2D eigenvalue weighted by Crippen LogP contribution is -3.00. The van der Waals surface area contributed by atoms with Gasteiger partial charge in [-0.25, -0.2) is 0 Å². The molecule has 2 aromatic rings. The molecule has 0 spiro atoms. The van der Waals surface area contributed by atoms with Crippen molar-refractivity contribution in [2.24, 2.45) is 0 Å². The summed E-state index contributed by atoms with van der Waals surface area (Å²) in [7, 11) is 0. The van der Waals surface area contributed by atoms with Crippen LogP contribution in [0.2, 0.25) is 0 Å². The van der Waals surface area contributed by atoms with Crippen LogP contribution in [0.4, 0.5) is 22.7 Å². The second-order valence-corrected chi connectivity index (χ2v) is 10.6. The van der Waals surface area contributed by atoms with Gasteiger partial charge in [0.15, 0.2) is 0 Å². The van der Waals surface area contributed by atoms with Crippen LogP contribution in [0, 0.1) is 34.1 Å². The molecule has 0 aromatic heterocycles. The van der Waals surface area contributed by atoms with Crippen LogP contribution in [0.15, 0.2) is 61.2 Å². The molecule has 0 bridgehead atoms. The maximum atomic E-state index is 11.0. The van der Waals surface area contributed by atoms with Crippen molar-refractivity contribution in [3.05, 3.63) is 92.6 Å². The van der Waals surface area contributed by atoms with Crippen LogP contribution in [-0.2, 0) is 0 Å². The molecule has 2 aliphatic rings. The number of aryl methyl sites for hydroxylation is 2. The minimum absolute atomic E-state index is 0. The van der Waals surface area contributed by atoms with Crippen molar-refractivity contribution >= 4 is 46.7 Å². The summed E-state index contributed by atoms with van der Waals surface area (Å²) < 4.78 is 0. The van der Waals surface area contributed by atoms with Gasteiger partial charge in [0.1, 0.15) is 0 Å². The normalized spacial score (nSPS) is 13.3. The summed E-state index contributed by atoms with van der Waals surface area (Å²) >= 11 is 0. The number of hydrogen-bond donors (Lipinski definition) is 2. The second-order valence-electron chi connectivity index (χ2n) is 10.6. The SMILES string of the molecule is Cc1cc(NCCCN2C=CN(CCCN3C=CN(CCCNc4ccc([N+](=O)[O-])c(C)c4)C3)C2)ccc1[N+](=O)[O-].I.[Cl-].[Cl-]. The highest BCUT2D eigenvalue weighted by atomic mass is 127. The Bertz CT molecular complexity index is 1190. The Morgan fingerprint density at radius 2 is 0.977 bits per heavy atom. The molecule has 2 N–H and O–H groups in total. The number of nitrogens with zero attached hydrogens (tertiary/aromatic N) is 6. The van der Waals surface area contributed by atoms with Gasteiger partial charge in [0.05, 0.1) is 23.2 Å². The average Bonchev–Trinajstić information content (AvgIpc) is 3.58.